The average Bonchev–Trinajstić information content (AvgIpc) is 2.70. The van der Waals surface area contributed by atoms with Crippen LogP contribution in [-0.4, -0.2) is 0 Å². The molecule has 0 aromatic heterocycles. The molecule has 0 radical (unpaired) electrons. The maximum Gasteiger partial charge on any atom is 0.0325 e. The van der Waals surface area contributed by atoms with E-state index in [1.807, 2.05) is 62.4 Å². The monoisotopic (exact) mass is 334 g/mol. The molecule has 1 aliphatic carbocycles. The number of hydrogen-bond acceptors (Lipinski definition) is 0. The quantitative estimate of drug-likeness (QED) is 0.448. The highest BCUT2D eigenvalue weighted by Gasteiger charge is 2.11. The molecule has 1 aliphatic rings. The smallest absolute Gasteiger partial charge is 0.0325 e. The van der Waals surface area contributed by atoms with Crippen molar-refractivity contribution in [3.63, 3.8) is 0 Å². The Morgan fingerprint density at radius 1 is 0.962 bits per heavy atom. The van der Waals surface area contributed by atoms with E-state index in [2.05, 4.69) is 48.0 Å². The first kappa shape index (κ1) is 17.6. The Labute approximate surface area is 157 Å². The second-order valence-corrected chi connectivity index (χ2v) is 6.24. The molecule has 26 heavy (non-hydrogen) atoms. The van der Waals surface area contributed by atoms with Crippen molar-refractivity contribution in [1.29, 1.82) is 0 Å². The van der Waals surface area contributed by atoms with E-state index in [1.165, 1.54) is 11.1 Å². The summed E-state index contributed by atoms with van der Waals surface area (Å²) in [6, 6.07) is 14.3. The van der Waals surface area contributed by atoms with Gasteiger partial charge in [0.05, 0.1) is 0 Å². The lowest BCUT2D eigenvalue weighted by Gasteiger charge is -2.14. The molecule has 0 aliphatic heterocycles. The molecular formula is C26H22. The molecule has 0 atom stereocenters. The van der Waals surface area contributed by atoms with E-state index in [9.17, 15) is 0 Å². The van der Waals surface area contributed by atoms with Crippen LogP contribution in [0.15, 0.2) is 72.3 Å². The van der Waals surface area contributed by atoms with E-state index in [-0.39, 0.29) is 0 Å². The van der Waals surface area contributed by atoms with Crippen LogP contribution in [-0.2, 0) is 6.42 Å². The zero-order valence-corrected chi connectivity index (χ0v) is 15.3. The first-order chi connectivity index (χ1) is 12.8. The van der Waals surface area contributed by atoms with Gasteiger partial charge < -0.3 is 0 Å². The van der Waals surface area contributed by atoms with Gasteiger partial charge >= 0.3 is 0 Å². The standard InChI is InChI=1S/C26H22/c1-3-4-10-21(2)15-17-23-19-20-24(26-14-9-8-13-25(23)26)18-16-22-11-6-5-7-12-22/h3-7,9-12,14,19-20H,8,13H2,1-2H3. The third kappa shape index (κ3) is 4.44. The second-order valence-electron chi connectivity index (χ2n) is 6.24. The van der Waals surface area contributed by atoms with Crippen molar-refractivity contribution in [3.8, 4) is 23.7 Å². The molecule has 0 saturated carbocycles. The molecule has 0 amide bonds. The topological polar surface area (TPSA) is 0 Å². The van der Waals surface area contributed by atoms with Gasteiger partial charge in [-0.15, -0.1) is 0 Å². The highest BCUT2D eigenvalue weighted by atomic mass is 14.1. The van der Waals surface area contributed by atoms with Crippen molar-refractivity contribution in [1.82, 2.24) is 0 Å². The van der Waals surface area contributed by atoms with Gasteiger partial charge in [-0.05, 0) is 67.7 Å². The van der Waals surface area contributed by atoms with Gasteiger partial charge in [0.25, 0.3) is 0 Å². The molecule has 3 rings (SSSR count). The first-order valence-electron chi connectivity index (χ1n) is 8.99. The minimum Gasteiger partial charge on any atom is -0.0876 e. The summed E-state index contributed by atoms with van der Waals surface area (Å²) < 4.78 is 0. The van der Waals surface area contributed by atoms with Crippen LogP contribution >= 0.6 is 0 Å². The summed E-state index contributed by atoms with van der Waals surface area (Å²) in [5.41, 5.74) is 6.83. The van der Waals surface area contributed by atoms with Crippen LogP contribution in [0.1, 0.15) is 48.1 Å². The summed E-state index contributed by atoms with van der Waals surface area (Å²) in [5.74, 6) is 13.2. The van der Waals surface area contributed by atoms with E-state index in [1.54, 1.807) is 0 Å². The van der Waals surface area contributed by atoms with Crippen LogP contribution in [0.5, 0.6) is 0 Å². The van der Waals surface area contributed by atoms with Crippen LogP contribution in [0.4, 0.5) is 0 Å². The Bertz CT molecular complexity index is 991. The second kappa shape index (κ2) is 8.75. The number of benzene rings is 2. The minimum absolute atomic E-state index is 1.02. The Kier molecular flexibility index (Phi) is 5.92. The third-order valence-electron chi connectivity index (χ3n) is 4.25. The Balaban J connectivity index is 1.98. The molecular weight excluding hydrogens is 312 g/mol. The lowest BCUT2D eigenvalue weighted by Crippen LogP contribution is -2.01. The molecule has 0 heteroatoms. The molecule has 2 aromatic rings. The molecule has 126 valence electrons. The van der Waals surface area contributed by atoms with Gasteiger partial charge in [0.15, 0.2) is 0 Å². The van der Waals surface area contributed by atoms with Crippen LogP contribution < -0.4 is 0 Å². The molecule has 0 N–H and O–H groups in total. The minimum atomic E-state index is 1.02. The SMILES string of the molecule is CC=CC=C(C)C#Cc1ccc(C#Cc2ccccc2)c2c1CCC=C2. The van der Waals surface area contributed by atoms with Crippen molar-refractivity contribution in [2.24, 2.45) is 0 Å². The lowest BCUT2D eigenvalue weighted by molar-refractivity contribution is 0.979. The summed E-state index contributed by atoms with van der Waals surface area (Å²) in [4.78, 5) is 0. The fourth-order valence-electron chi connectivity index (χ4n) is 2.89. The van der Waals surface area contributed by atoms with Crippen molar-refractivity contribution in [2.45, 2.75) is 26.7 Å². The zero-order chi connectivity index (χ0) is 18.2. The fourth-order valence-corrected chi connectivity index (χ4v) is 2.89. The summed E-state index contributed by atoms with van der Waals surface area (Å²) in [6.07, 6.45) is 12.6. The van der Waals surface area contributed by atoms with Gasteiger partial charge in [-0.3, -0.25) is 0 Å². The van der Waals surface area contributed by atoms with Crippen molar-refractivity contribution >= 4 is 6.08 Å². The van der Waals surface area contributed by atoms with Gasteiger partial charge in [-0.2, -0.15) is 0 Å². The van der Waals surface area contributed by atoms with Crippen LogP contribution in [0.3, 0.4) is 0 Å². The molecule has 2 aromatic carbocycles. The third-order valence-corrected chi connectivity index (χ3v) is 4.25. The van der Waals surface area contributed by atoms with Crippen LogP contribution in [0.2, 0.25) is 0 Å². The fraction of sp³-hybridized carbons (Fsp3) is 0.154. The molecule has 0 unspecified atom stereocenters. The van der Waals surface area contributed by atoms with E-state index < -0.39 is 0 Å². The molecule has 0 spiro atoms. The van der Waals surface area contributed by atoms with Crippen molar-refractivity contribution in [3.05, 3.63) is 100 Å². The normalized spacial score (nSPS) is 12.8. The van der Waals surface area contributed by atoms with Crippen molar-refractivity contribution < 1.29 is 0 Å². The number of allylic oxidation sites excluding steroid dienone is 5. The lowest BCUT2D eigenvalue weighted by atomic mass is 9.89. The van der Waals surface area contributed by atoms with E-state index in [0.717, 1.165) is 35.1 Å². The number of fused-ring (bicyclic) bond motifs is 1. The highest BCUT2D eigenvalue weighted by Crippen LogP contribution is 2.26. The predicted octanol–water partition coefficient (Wildman–Crippen LogP) is 5.92. The summed E-state index contributed by atoms with van der Waals surface area (Å²) in [6.45, 7) is 4.05. The number of hydrogen-bond donors (Lipinski definition) is 0. The first-order valence-corrected chi connectivity index (χ1v) is 8.99. The molecule has 0 nitrogen and oxygen atoms in total. The largest absolute Gasteiger partial charge is 0.0876 e. The summed E-state index contributed by atoms with van der Waals surface area (Å²) in [7, 11) is 0. The Morgan fingerprint density at radius 3 is 2.58 bits per heavy atom. The van der Waals surface area contributed by atoms with Gasteiger partial charge in [-0.25, -0.2) is 0 Å². The van der Waals surface area contributed by atoms with Crippen LogP contribution in [0.25, 0.3) is 6.08 Å². The molecule has 0 saturated heterocycles. The van der Waals surface area contributed by atoms with Gasteiger partial charge in [-0.1, -0.05) is 72.3 Å². The van der Waals surface area contributed by atoms with Gasteiger partial charge in [0.2, 0.25) is 0 Å². The Morgan fingerprint density at radius 2 is 1.77 bits per heavy atom. The van der Waals surface area contributed by atoms with Crippen molar-refractivity contribution in [2.75, 3.05) is 0 Å². The predicted molar refractivity (Wildman–Crippen MR) is 112 cm³/mol. The van der Waals surface area contributed by atoms with E-state index >= 15 is 0 Å². The van der Waals surface area contributed by atoms with Gasteiger partial charge in [0.1, 0.15) is 0 Å². The molecule has 0 heterocycles. The average molecular weight is 334 g/mol. The summed E-state index contributed by atoms with van der Waals surface area (Å²) >= 11 is 0. The molecule has 0 bridgehead atoms. The van der Waals surface area contributed by atoms with E-state index in [4.69, 9.17) is 0 Å². The summed E-state index contributed by atoms with van der Waals surface area (Å²) in [5, 5.41) is 0. The maximum absolute atomic E-state index is 3.35. The van der Waals surface area contributed by atoms with Gasteiger partial charge in [0, 0.05) is 16.7 Å². The van der Waals surface area contributed by atoms with E-state index in [0.29, 0.717) is 0 Å². The maximum atomic E-state index is 3.35. The Hall–Kier alpha value is -3.22. The zero-order valence-electron chi connectivity index (χ0n) is 15.3. The highest BCUT2D eigenvalue weighted by molar-refractivity contribution is 5.69. The van der Waals surface area contributed by atoms with Crippen LogP contribution in [0, 0.1) is 23.7 Å². The number of rotatable bonds is 1. The molecule has 0 fully saturated rings.